The maximum absolute atomic E-state index is 12.7. The number of benzene rings is 2. The number of aryl methyl sites for hydroxylation is 1. The molecule has 0 atom stereocenters. The summed E-state index contributed by atoms with van der Waals surface area (Å²) in [6.45, 7) is 3.17. The summed E-state index contributed by atoms with van der Waals surface area (Å²) >= 11 is 3.31. The van der Waals surface area contributed by atoms with Gasteiger partial charge in [0.25, 0.3) is 0 Å². The van der Waals surface area contributed by atoms with Gasteiger partial charge >= 0.3 is 0 Å². The van der Waals surface area contributed by atoms with Crippen LogP contribution in [0.5, 0.6) is 5.75 Å². The highest BCUT2D eigenvalue weighted by Gasteiger charge is 2.25. The van der Waals surface area contributed by atoms with Crippen LogP contribution < -0.4 is 0 Å². The highest BCUT2D eigenvalue weighted by molar-refractivity contribution is 9.10. The minimum Gasteiger partial charge on any atom is -0.505 e. The van der Waals surface area contributed by atoms with Gasteiger partial charge in [-0.05, 0) is 77.2 Å². The quantitative estimate of drug-likeness (QED) is 0.625. The van der Waals surface area contributed by atoms with Crippen LogP contribution >= 0.6 is 15.9 Å². The molecule has 0 spiro atoms. The first-order valence-electron chi connectivity index (χ1n) is 8.95. The van der Waals surface area contributed by atoms with E-state index >= 15 is 0 Å². The predicted molar refractivity (Wildman–Crippen MR) is 108 cm³/mol. The summed E-state index contributed by atoms with van der Waals surface area (Å²) < 4.78 is 27.4. The fourth-order valence-electron chi connectivity index (χ4n) is 2.97. The smallest absolute Gasteiger partial charge is 0.243 e. The molecule has 8 heteroatoms. The van der Waals surface area contributed by atoms with E-state index in [0.29, 0.717) is 28.9 Å². The molecule has 0 aromatic heterocycles. The van der Waals surface area contributed by atoms with Crippen molar-refractivity contribution >= 4 is 37.3 Å². The highest BCUT2D eigenvalue weighted by Crippen LogP contribution is 2.36. The Hall–Kier alpha value is -1.77. The van der Waals surface area contributed by atoms with Crippen molar-refractivity contribution < 1.29 is 13.5 Å². The van der Waals surface area contributed by atoms with Crippen LogP contribution in [0.4, 0.5) is 11.4 Å². The molecule has 0 bridgehead atoms. The molecule has 1 saturated heterocycles. The van der Waals surface area contributed by atoms with Gasteiger partial charge in [-0.2, -0.15) is 9.42 Å². The molecule has 1 aliphatic rings. The van der Waals surface area contributed by atoms with E-state index < -0.39 is 10.0 Å². The minimum absolute atomic E-state index is 0.0280. The SMILES string of the molecule is CCc1cc(Br)c(O)c(N=Nc2ccc(S(=O)(=O)N3CCCCC3)cc2)c1. The fourth-order valence-corrected chi connectivity index (χ4v) is 4.98. The van der Waals surface area contributed by atoms with Crippen LogP contribution in [0.25, 0.3) is 0 Å². The van der Waals surface area contributed by atoms with Gasteiger partial charge in [0.05, 0.1) is 15.1 Å². The van der Waals surface area contributed by atoms with Gasteiger partial charge in [0.2, 0.25) is 10.0 Å². The zero-order chi connectivity index (χ0) is 19.4. The first-order valence-corrected chi connectivity index (χ1v) is 11.2. The van der Waals surface area contributed by atoms with Gasteiger partial charge in [0.1, 0.15) is 5.69 Å². The molecule has 1 fully saturated rings. The molecule has 1 aliphatic heterocycles. The number of phenols is 1. The van der Waals surface area contributed by atoms with E-state index in [0.717, 1.165) is 31.2 Å². The molecule has 0 radical (unpaired) electrons. The third-order valence-corrected chi connectivity index (χ3v) is 7.09. The largest absolute Gasteiger partial charge is 0.505 e. The topological polar surface area (TPSA) is 82.3 Å². The zero-order valence-corrected chi connectivity index (χ0v) is 17.5. The standard InChI is InChI=1S/C19H22BrN3O3S/c1-2-14-12-17(20)19(24)18(13-14)22-21-15-6-8-16(9-7-15)27(25,26)23-10-4-3-5-11-23/h6-9,12-13,24H,2-5,10-11H2,1H3. The Morgan fingerprint density at radius 3 is 2.37 bits per heavy atom. The maximum Gasteiger partial charge on any atom is 0.243 e. The van der Waals surface area contributed by atoms with Crippen LogP contribution in [0.3, 0.4) is 0 Å². The second-order valence-corrected chi connectivity index (χ2v) is 9.25. The third-order valence-electron chi connectivity index (χ3n) is 4.57. The van der Waals surface area contributed by atoms with Crippen LogP contribution in [-0.2, 0) is 16.4 Å². The van der Waals surface area contributed by atoms with E-state index in [1.54, 1.807) is 34.6 Å². The summed E-state index contributed by atoms with van der Waals surface area (Å²) in [5, 5.41) is 18.3. The van der Waals surface area contributed by atoms with E-state index in [9.17, 15) is 13.5 Å². The summed E-state index contributed by atoms with van der Waals surface area (Å²) in [5.41, 5.74) is 1.91. The van der Waals surface area contributed by atoms with Crippen molar-refractivity contribution in [3.05, 3.63) is 46.4 Å². The lowest BCUT2D eigenvalue weighted by Gasteiger charge is -2.25. The highest BCUT2D eigenvalue weighted by atomic mass is 79.9. The summed E-state index contributed by atoms with van der Waals surface area (Å²) in [7, 11) is -3.45. The number of hydrogen-bond donors (Lipinski definition) is 1. The van der Waals surface area contributed by atoms with Gasteiger partial charge in [-0.3, -0.25) is 0 Å². The zero-order valence-electron chi connectivity index (χ0n) is 15.1. The van der Waals surface area contributed by atoms with Gasteiger partial charge < -0.3 is 5.11 Å². The molecule has 2 aromatic carbocycles. The van der Waals surface area contributed by atoms with E-state index in [1.807, 2.05) is 13.0 Å². The van der Waals surface area contributed by atoms with Crippen molar-refractivity contribution in [3.8, 4) is 5.75 Å². The molecular formula is C19H22BrN3O3S. The first kappa shape index (κ1) is 20.0. The second kappa shape index (κ2) is 8.50. The normalized spacial score (nSPS) is 16.1. The molecule has 0 saturated carbocycles. The summed E-state index contributed by atoms with van der Waals surface area (Å²) in [5.74, 6) is 0.0280. The van der Waals surface area contributed by atoms with Gasteiger partial charge in [0, 0.05) is 13.1 Å². The molecule has 1 heterocycles. The fraction of sp³-hybridized carbons (Fsp3) is 0.368. The Morgan fingerprint density at radius 1 is 1.07 bits per heavy atom. The number of sulfonamides is 1. The van der Waals surface area contributed by atoms with Crippen molar-refractivity contribution in [2.45, 2.75) is 37.5 Å². The summed E-state index contributed by atoms with van der Waals surface area (Å²) in [4.78, 5) is 0.266. The summed E-state index contributed by atoms with van der Waals surface area (Å²) in [6, 6.07) is 9.96. The molecule has 27 heavy (non-hydrogen) atoms. The van der Waals surface area contributed by atoms with Gasteiger partial charge in [-0.1, -0.05) is 13.3 Å². The molecule has 1 N–H and O–H groups in total. The number of phenolic OH excluding ortho intramolecular Hbond substituents is 1. The van der Waals surface area contributed by atoms with E-state index in [1.165, 1.54) is 0 Å². The van der Waals surface area contributed by atoms with Crippen LogP contribution in [-0.4, -0.2) is 30.9 Å². The molecule has 144 valence electrons. The number of hydrogen-bond acceptors (Lipinski definition) is 5. The maximum atomic E-state index is 12.7. The molecule has 0 aliphatic carbocycles. The van der Waals surface area contributed by atoms with Crippen molar-refractivity contribution in [1.29, 1.82) is 0 Å². The number of halogens is 1. The number of azo groups is 1. The Labute approximate surface area is 168 Å². The minimum atomic E-state index is -3.45. The Bertz CT molecular complexity index is 937. The Morgan fingerprint density at radius 2 is 1.74 bits per heavy atom. The van der Waals surface area contributed by atoms with Crippen LogP contribution in [0.1, 0.15) is 31.7 Å². The summed E-state index contributed by atoms with van der Waals surface area (Å²) in [6.07, 6.45) is 3.70. The first-order chi connectivity index (χ1) is 12.9. The Kier molecular flexibility index (Phi) is 6.29. The number of aromatic hydroxyl groups is 1. The average molecular weight is 452 g/mol. The molecule has 0 unspecified atom stereocenters. The van der Waals surface area contributed by atoms with Gasteiger partial charge in [-0.25, -0.2) is 8.42 Å². The predicted octanol–water partition coefficient (Wildman–Crippen LogP) is 5.31. The van der Waals surface area contributed by atoms with Crippen molar-refractivity contribution in [2.24, 2.45) is 10.2 Å². The van der Waals surface area contributed by atoms with Crippen LogP contribution in [0, 0.1) is 0 Å². The van der Waals surface area contributed by atoms with Gasteiger partial charge in [0.15, 0.2) is 5.75 Å². The molecule has 6 nitrogen and oxygen atoms in total. The molecule has 2 aromatic rings. The second-order valence-electron chi connectivity index (χ2n) is 6.46. The van der Waals surface area contributed by atoms with E-state index in [-0.39, 0.29) is 10.6 Å². The molecule has 3 rings (SSSR count). The Balaban J connectivity index is 1.80. The molecular weight excluding hydrogens is 430 g/mol. The van der Waals surface area contributed by atoms with E-state index in [4.69, 9.17) is 0 Å². The number of piperidine rings is 1. The van der Waals surface area contributed by atoms with E-state index in [2.05, 4.69) is 26.2 Å². The lowest BCUT2D eigenvalue weighted by molar-refractivity contribution is 0.346. The van der Waals surface area contributed by atoms with Crippen LogP contribution in [0.15, 0.2) is 56.0 Å². The van der Waals surface area contributed by atoms with Gasteiger partial charge in [-0.15, -0.1) is 5.11 Å². The van der Waals surface area contributed by atoms with Crippen LogP contribution in [0.2, 0.25) is 0 Å². The lowest BCUT2D eigenvalue weighted by atomic mass is 10.1. The van der Waals surface area contributed by atoms with Crippen molar-refractivity contribution in [2.75, 3.05) is 13.1 Å². The number of nitrogens with zero attached hydrogens (tertiary/aromatic N) is 3. The van der Waals surface area contributed by atoms with Crippen molar-refractivity contribution in [1.82, 2.24) is 4.31 Å². The number of rotatable bonds is 5. The average Bonchev–Trinajstić information content (AvgIpc) is 2.70. The lowest BCUT2D eigenvalue weighted by Crippen LogP contribution is -2.35. The molecule has 0 amide bonds. The van der Waals surface area contributed by atoms with Crippen molar-refractivity contribution in [3.63, 3.8) is 0 Å². The third kappa shape index (κ3) is 4.56. The monoisotopic (exact) mass is 451 g/mol.